The summed E-state index contributed by atoms with van der Waals surface area (Å²) in [6.07, 6.45) is 1.28. The van der Waals surface area contributed by atoms with E-state index in [4.69, 9.17) is 4.74 Å². The Labute approximate surface area is 101 Å². The fourth-order valence-electron chi connectivity index (χ4n) is 1.14. The van der Waals surface area contributed by atoms with E-state index in [1.807, 2.05) is 0 Å². The lowest BCUT2D eigenvalue weighted by atomic mass is 10.1. The van der Waals surface area contributed by atoms with E-state index in [9.17, 15) is 15.2 Å². The highest BCUT2D eigenvalue weighted by atomic mass is 79.9. The number of phenols is 1. The number of rotatable bonds is 3. The monoisotopic (exact) mass is 287 g/mol. The number of nitro groups is 1. The van der Waals surface area contributed by atoms with Gasteiger partial charge < -0.3 is 9.84 Å². The number of allylic oxidation sites excluding steroid dienone is 1. The van der Waals surface area contributed by atoms with Gasteiger partial charge in [0.15, 0.2) is 11.5 Å². The fourth-order valence-corrected chi connectivity index (χ4v) is 1.59. The summed E-state index contributed by atoms with van der Waals surface area (Å²) in [4.78, 5) is 9.95. The standard InChI is InChI=1S/C10H10BrNO4/c1-6(12(14)15)3-7-4-8(11)5-9(16-2)10(7)13/h3-5,13H,1-2H3/b6-3-. The van der Waals surface area contributed by atoms with Crippen LogP contribution >= 0.6 is 15.9 Å². The smallest absolute Gasteiger partial charge is 0.243 e. The maximum Gasteiger partial charge on any atom is 0.243 e. The SMILES string of the molecule is COc1cc(Br)cc(/C=C(/C)[N+](=O)[O-])c1O. The molecule has 0 fully saturated rings. The van der Waals surface area contributed by atoms with Crippen molar-refractivity contribution in [2.45, 2.75) is 6.92 Å². The Morgan fingerprint density at radius 1 is 1.62 bits per heavy atom. The predicted molar refractivity (Wildman–Crippen MR) is 63.0 cm³/mol. The molecule has 0 heterocycles. The molecule has 0 aliphatic heterocycles. The summed E-state index contributed by atoms with van der Waals surface area (Å²) in [5.41, 5.74) is 0.274. The summed E-state index contributed by atoms with van der Waals surface area (Å²) in [6, 6.07) is 3.15. The average molecular weight is 288 g/mol. The Morgan fingerprint density at radius 3 is 2.75 bits per heavy atom. The van der Waals surface area contributed by atoms with Crippen molar-refractivity contribution in [3.63, 3.8) is 0 Å². The van der Waals surface area contributed by atoms with Crippen LogP contribution in [-0.2, 0) is 0 Å². The van der Waals surface area contributed by atoms with Crippen molar-refractivity contribution in [3.05, 3.63) is 38.0 Å². The van der Waals surface area contributed by atoms with E-state index in [0.29, 0.717) is 10.0 Å². The van der Waals surface area contributed by atoms with Crippen molar-refractivity contribution < 1.29 is 14.8 Å². The van der Waals surface area contributed by atoms with E-state index in [1.165, 1.54) is 20.1 Å². The number of phenolic OH excluding ortho intramolecular Hbond substituents is 1. The van der Waals surface area contributed by atoms with Gasteiger partial charge in [-0.15, -0.1) is 0 Å². The second kappa shape index (κ2) is 4.98. The molecule has 1 N–H and O–H groups in total. The molecule has 1 rings (SSSR count). The lowest BCUT2D eigenvalue weighted by Gasteiger charge is -2.06. The molecule has 0 aromatic heterocycles. The fraction of sp³-hybridized carbons (Fsp3) is 0.200. The van der Waals surface area contributed by atoms with Crippen molar-refractivity contribution in [1.29, 1.82) is 0 Å². The molecular weight excluding hydrogens is 278 g/mol. The predicted octanol–water partition coefficient (Wildman–Crippen LogP) is 2.80. The zero-order valence-electron chi connectivity index (χ0n) is 8.73. The average Bonchev–Trinajstić information content (AvgIpc) is 2.22. The lowest BCUT2D eigenvalue weighted by molar-refractivity contribution is -0.422. The maximum absolute atomic E-state index is 10.5. The molecule has 86 valence electrons. The molecule has 16 heavy (non-hydrogen) atoms. The summed E-state index contributed by atoms with van der Waals surface area (Å²) < 4.78 is 5.60. The molecule has 0 saturated heterocycles. The van der Waals surface area contributed by atoms with Crippen molar-refractivity contribution in [3.8, 4) is 11.5 Å². The van der Waals surface area contributed by atoms with E-state index < -0.39 is 4.92 Å². The third-order valence-electron chi connectivity index (χ3n) is 1.94. The molecule has 5 nitrogen and oxygen atoms in total. The van der Waals surface area contributed by atoms with E-state index >= 15 is 0 Å². The minimum atomic E-state index is -0.521. The van der Waals surface area contributed by atoms with Gasteiger partial charge in [0.05, 0.1) is 12.0 Å². The molecule has 1 aromatic rings. The minimum Gasteiger partial charge on any atom is -0.504 e. The number of ether oxygens (including phenoxy) is 1. The van der Waals surface area contributed by atoms with Gasteiger partial charge >= 0.3 is 0 Å². The molecule has 0 saturated carbocycles. The van der Waals surface area contributed by atoms with Crippen LogP contribution in [0.15, 0.2) is 22.3 Å². The molecule has 0 bridgehead atoms. The largest absolute Gasteiger partial charge is 0.504 e. The van der Waals surface area contributed by atoms with Crippen LogP contribution in [0.1, 0.15) is 12.5 Å². The number of benzene rings is 1. The summed E-state index contributed by atoms with van der Waals surface area (Å²) in [5.74, 6) is 0.142. The first-order valence-corrected chi connectivity index (χ1v) is 5.14. The van der Waals surface area contributed by atoms with Gasteiger partial charge in [-0.2, -0.15) is 0 Å². The first-order valence-electron chi connectivity index (χ1n) is 4.35. The lowest BCUT2D eigenvalue weighted by Crippen LogP contribution is -1.94. The Morgan fingerprint density at radius 2 is 2.25 bits per heavy atom. The number of nitrogens with zero attached hydrogens (tertiary/aromatic N) is 1. The van der Waals surface area contributed by atoms with Gasteiger partial charge in [0.2, 0.25) is 5.70 Å². The number of halogens is 1. The molecule has 0 spiro atoms. The van der Waals surface area contributed by atoms with Gasteiger partial charge in [0.1, 0.15) is 0 Å². The van der Waals surface area contributed by atoms with Crippen LogP contribution in [0.3, 0.4) is 0 Å². The molecule has 0 radical (unpaired) electrons. The Bertz CT molecular complexity index is 456. The van der Waals surface area contributed by atoms with Crippen LogP contribution in [0, 0.1) is 10.1 Å². The zero-order valence-corrected chi connectivity index (χ0v) is 10.3. The number of hydrogen-bond donors (Lipinski definition) is 1. The van der Waals surface area contributed by atoms with Crippen LogP contribution in [0.4, 0.5) is 0 Å². The van der Waals surface area contributed by atoms with Crippen molar-refractivity contribution in [1.82, 2.24) is 0 Å². The van der Waals surface area contributed by atoms with Crippen LogP contribution in [0.5, 0.6) is 11.5 Å². The second-order valence-corrected chi connectivity index (χ2v) is 4.00. The molecule has 0 aliphatic rings. The Hall–Kier alpha value is -1.56. The van der Waals surface area contributed by atoms with E-state index in [1.54, 1.807) is 12.1 Å². The summed E-state index contributed by atoms with van der Waals surface area (Å²) >= 11 is 3.22. The van der Waals surface area contributed by atoms with Gasteiger partial charge in [-0.25, -0.2) is 0 Å². The van der Waals surface area contributed by atoms with Gasteiger partial charge in [-0.05, 0) is 12.1 Å². The van der Waals surface area contributed by atoms with E-state index in [0.717, 1.165) is 0 Å². The number of aromatic hydroxyl groups is 1. The molecule has 0 amide bonds. The molecule has 0 unspecified atom stereocenters. The van der Waals surface area contributed by atoms with Crippen LogP contribution < -0.4 is 4.74 Å². The third-order valence-corrected chi connectivity index (χ3v) is 2.40. The third kappa shape index (κ3) is 2.73. The topological polar surface area (TPSA) is 72.6 Å². The van der Waals surface area contributed by atoms with Crippen LogP contribution in [0.2, 0.25) is 0 Å². The number of methoxy groups -OCH3 is 1. The maximum atomic E-state index is 10.5. The zero-order chi connectivity index (χ0) is 12.3. The van der Waals surface area contributed by atoms with Crippen molar-refractivity contribution in [2.24, 2.45) is 0 Å². The molecule has 6 heteroatoms. The quantitative estimate of drug-likeness (QED) is 0.685. The molecule has 0 atom stereocenters. The first kappa shape index (κ1) is 12.5. The Kier molecular flexibility index (Phi) is 3.89. The summed E-state index contributed by atoms with van der Waals surface area (Å²) in [6.45, 7) is 1.35. The highest BCUT2D eigenvalue weighted by Gasteiger charge is 2.11. The summed E-state index contributed by atoms with van der Waals surface area (Å²) in [7, 11) is 1.41. The summed E-state index contributed by atoms with van der Waals surface area (Å²) in [5, 5.41) is 20.2. The van der Waals surface area contributed by atoms with Gasteiger partial charge in [0.25, 0.3) is 0 Å². The van der Waals surface area contributed by atoms with E-state index in [-0.39, 0.29) is 17.2 Å². The van der Waals surface area contributed by atoms with Gasteiger partial charge in [-0.1, -0.05) is 15.9 Å². The normalized spacial score (nSPS) is 11.3. The molecule has 1 aromatic carbocycles. The minimum absolute atomic E-state index is 0.0598. The second-order valence-electron chi connectivity index (χ2n) is 3.09. The Balaban J connectivity index is 3.29. The van der Waals surface area contributed by atoms with Gasteiger partial charge in [-0.3, -0.25) is 10.1 Å². The van der Waals surface area contributed by atoms with Crippen molar-refractivity contribution >= 4 is 22.0 Å². The molecular formula is C10H10BrNO4. The first-order chi connectivity index (χ1) is 7.45. The molecule has 0 aliphatic carbocycles. The highest BCUT2D eigenvalue weighted by molar-refractivity contribution is 9.10. The van der Waals surface area contributed by atoms with E-state index in [2.05, 4.69) is 15.9 Å². The van der Waals surface area contributed by atoms with Crippen molar-refractivity contribution in [2.75, 3.05) is 7.11 Å². The highest BCUT2D eigenvalue weighted by Crippen LogP contribution is 2.34. The number of hydrogen-bond acceptors (Lipinski definition) is 4. The van der Waals surface area contributed by atoms with Crippen LogP contribution in [0.25, 0.3) is 6.08 Å². The van der Waals surface area contributed by atoms with Gasteiger partial charge in [0, 0.05) is 23.0 Å². The van der Waals surface area contributed by atoms with Crippen LogP contribution in [-0.4, -0.2) is 17.1 Å².